The summed E-state index contributed by atoms with van der Waals surface area (Å²) in [5.74, 6) is -0.00154. The molecule has 0 saturated carbocycles. The molecule has 21 heavy (non-hydrogen) atoms. The van der Waals surface area contributed by atoms with E-state index in [2.05, 4.69) is 5.16 Å². The number of nitrogens with zero attached hydrogens (tertiary/aromatic N) is 1. The lowest BCUT2D eigenvalue weighted by atomic mass is 10.1. The van der Waals surface area contributed by atoms with E-state index in [1.54, 1.807) is 25.3 Å². The van der Waals surface area contributed by atoms with Crippen molar-refractivity contribution in [3.05, 3.63) is 59.4 Å². The summed E-state index contributed by atoms with van der Waals surface area (Å²) in [7, 11) is 1.58. The van der Waals surface area contributed by atoms with Crippen LogP contribution in [0.5, 0.6) is 11.5 Å². The molecule has 0 unspecified atom stereocenters. The van der Waals surface area contributed by atoms with Gasteiger partial charge in [-0.3, -0.25) is 0 Å². The molecule has 0 amide bonds. The number of amidine groups is 1. The van der Waals surface area contributed by atoms with Gasteiger partial charge in [0, 0.05) is 0 Å². The van der Waals surface area contributed by atoms with E-state index < -0.39 is 5.82 Å². The molecule has 0 saturated heterocycles. The van der Waals surface area contributed by atoms with E-state index in [0.717, 1.165) is 11.3 Å². The third-order valence-electron chi connectivity index (χ3n) is 2.89. The smallest absolute Gasteiger partial charge is 0.176 e. The molecular formula is C15H15FN2O3. The highest BCUT2D eigenvalue weighted by Crippen LogP contribution is 2.22. The van der Waals surface area contributed by atoms with Crippen LogP contribution in [0.1, 0.15) is 11.1 Å². The SMILES string of the molecule is COc1ccc(COc2cccc(F)c2/C(N)=N/O)cc1. The van der Waals surface area contributed by atoms with Gasteiger partial charge < -0.3 is 20.4 Å². The highest BCUT2D eigenvalue weighted by Gasteiger charge is 2.14. The van der Waals surface area contributed by atoms with Crippen LogP contribution in [0.4, 0.5) is 4.39 Å². The Morgan fingerprint density at radius 1 is 1.24 bits per heavy atom. The van der Waals surface area contributed by atoms with E-state index in [9.17, 15) is 4.39 Å². The lowest BCUT2D eigenvalue weighted by molar-refractivity contribution is 0.301. The Labute approximate surface area is 121 Å². The topological polar surface area (TPSA) is 77.1 Å². The summed E-state index contributed by atoms with van der Waals surface area (Å²) >= 11 is 0. The third kappa shape index (κ3) is 3.42. The van der Waals surface area contributed by atoms with Crippen LogP contribution in [0.25, 0.3) is 0 Å². The molecular weight excluding hydrogens is 275 g/mol. The minimum atomic E-state index is -0.613. The molecule has 5 nitrogen and oxygen atoms in total. The number of nitrogens with two attached hydrogens (primary N) is 1. The number of methoxy groups -OCH3 is 1. The normalized spacial score (nSPS) is 11.2. The first-order chi connectivity index (χ1) is 10.2. The van der Waals surface area contributed by atoms with Crippen molar-refractivity contribution in [1.82, 2.24) is 0 Å². The Morgan fingerprint density at radius 3 is 2.57 bits per heavy atom. The van der Waals surface area contributed by atoms with Crippen LogP contribution in [0.2, 0.25) is 0 Å². The molecule has 0 radical (unpaired) electrons. The number of hydrogen-bond acceptors (Lipinski definition) is 4. The van der Waals surface area contributed by atoms with E-state index in [4.69, 9.17) is 20.4 Å². The summed E-state index contributed by atoms with van der Waals surface area (Å²) in [6.07, 6.45) is 0. The minimum absolute atomic E-state index is 0.0616. The van der Waals surface area contributed by atoms with Crippen LogP contribution >= 0.6 is 0 Å². The quantitative estimate of drug-likeness (QED) is 0.384. The zero-order valence-electron chi connectivity index (χ0n) is 11.4. The van der Waals surface area contributed by atoms with E-state index in [-0.39, 0.29) is 23.8 Å². The predicted octanol–water partition coefficient (Wildman–Crippen LogP) is 2.51. The molecule has 0 spiro atoms. The second-order valence-corrected chi connectivity index (χ2v) is 4.23. The molecule has 0 aliphatic heterocycles. The van der Waals surface area contributed by atoms with E-state index >= 15 is 0 Å². The summed E-state index contributed by atoms with van der Waals surface area (Å²) in [4.78, 5) is 0. The first-order valence-electron chi connectivity index (χ1n) is 6.18. The monoisotopic (exact) mass is 290 g/mol. The molecule has 0 aliphatic carbocycles. The lowest BCUT2D eigenvalue weighted by Gasteiger charge is -2.11. The molecule has 110 valence electrons. The summed E-state index contributed by atoms with van der Waals surface area (Å²) in [6.45, 7) is 0.221. The van der Waals surface area contributed by atoms with Gasteiger partial charge in [0.2, 0.25) is 0 Å². The fraction of sp³-hybridized carbons (Fsp3) is 0.133. The maximum Gasteiger partial charge on any atom is 0.176 e. The standard InChI is InChI=1S/C15H15FN2O3/c1-20-11-7-5-10(6-8-11)9-21-13-4-2-3-12(16)14(13)15(17)18-19/h2-8,19H,9H2,1H3,(H2,17,18). The van der Waals surface area contributed by atoms with Gasteiger partial charge in [-0.2, -0.15) is 0 Å². The lowest BCUT2D eigenvalue weighted by Crippen LogP contribution is -2.17. The first-order valence-corrected chi connectivity index (χ1v) is 6.18. The van der Waals surface area contributed by atoms with Crippen LogP contribution in [0, 0.1) is 5.82 Å². The van der Waals surface area contributed by atoms with Gasteiger partial charge in [-0.15, -0.1) is 0 Å². The van der Waals surface area contributed by atoms with Crippen molar-refractivity contribution in [2.24, 2.45) is 10.9 Å². The van der Waals surface area contributed by atoms with Gasteiger partial charge in [0.25, 0.3) is 0 Å². The molecule has 0 aliphatic rings. The highest BCUT2D eigenvalue weighted by atomic mass is 19.1. The van der Waals surface area contributed by atoms with Gasteiger partial charge in [-0.05, 0) is 29.8 Å². The number of ether oxygens (including phenoxy) is 2. The summed E-state index contributed by atoms with van der Waals surface area (Å²) < 4.78 is 24.4. The molecule has 0 bridgehead atoms. The Bertz CT molecular complexity index is 642. The highest BCUT2D eigenvalue weighted by molar-refractivity contribution is 5.99. The van der Waals surface area contributed by atoms with E-state index in [1.165, 1.54) is 12.1 Å². The van der Waals surface area contributed by atoms with Crippen molar-refractivity contribution >= 4 is 5.84 Å². The average Bonchev–Trinajstić information content (AvgIpc) is 2.52. The van der Waals surface area contributed by atoms with Crippen LogP contribution in [-0.2, 0) is 6.61 Å². The summed E-state index contributed by atoms with van der Waals surface area (Å²) in [6, 6.07) is 11.5. The summed E-state index contributed by atoms with van der Waals surface area (Å²) in [5.41, 5.74) is 6.28. The molecule has 0 heterocycles. The minimum Gasteiger partial charge on any atom is -0.497 e. The maximum absolute atomic E-state index is 13.7. The van der Waals surface area contributed by atoms with Crippen molar-refractivity contribution in [3.8, 4) is 11.5 Å². The van der Waals surface area contributed by atoms with Crippen LogP contribution in [-0.4, -0.2) is 18.2 Å². The maximum atomic E-state index is 13.7. The number of halogens is 1. The van der Waals surface area contributed by atoms with Gasteiger partial charge in [0.15, 0.2) is 5.84 Å². The average molecular weight is 290 g/mol. The molecule has 0 aromatic heterocycles. The van der Waals surface area contributed by atoms with E-state index in [1.807, 2.05) is 12.1 Å². The van der Waals surface area contributed by atoms with Crippen molar-refractivity contribution in [2.75, 3.05) is 7.11 Å². The fourth-order valence-electron chi connectivity index (χ4n) is 1.81. The fourth-order valence-corrected chi connectivity index (χ4v) is 1.81. The van der Waals surface area contributed by atoms with Crippen molar-refractivity contribution in [2.45, 2.75) is 6.61 Å². The molecule has 0 fully saturated rings. The summed E-state index contributed by atoms with van der Waals surface area (Å²) in [5, 5.41) is 11.5. The van der Waals surface area contributed by atoms with Crippen LogP contribution in [0.3, 0.4) is 0 Å². The number of hydrogen-bond donors (Lipinski definition) is 2. The molecule has 3 N–H and O–H groups in total. The van der Waals surface area contributed by atoms with Gasteiger partial charge in [-0.1, -0.05) is 23.4 Å². The molecule has 2 aromatic carbocycles. The Hall–Kier alpha value is -2.76. The van der Waals surface area contributed by atoms with Crippen molar-refractivity contribution in [1.29, 1.82) is 0 Å². The Balaban J connectivity index is 2.18. The number of rotatable bonds is 5. The molecule has 2 rings (SSSR count). The Kier molecular flexibility index (Phi) is 4.61. The van der Waals surface area contributed by atoms with Gasteiger partial charge in [0.05, 0.1) is 12.7 Å². The van der Waals surface area contributed by atoms with Crippen LogP contribution in [0.15, 0.2) is 47.6 Å². The molecule has 6 heteroatoms. The third-order valence-corrected chi connectivity index (χ3v) is 2.89. The largest absolute Gasteiger partial charge is 0.497 e. The zero-order valence-corrected chi connectivity index (χ0v) is 11.4. The zero-order chi connectivity index (χ0) is 15.2. The second kappa shape index (κ2) is 6.60. The van der Waals surface area contributed by atoms with Gasteiger partial charge >= 0.3 is 0 Å². The first kappa shape index (κ1) is 14.6. The second-order valence-electron chi connectivity index (χ2n) is 4.23. The van der Waals surface area contributed by atoms with Crippen molar-refractivity contribution < 1.29 is 19.1 Å². The van der Waals surface area contributed by atoms with Gasteiger partial charge in [0.1, 0.15) is 23.9 Å². The predicted molar refractivity (Wildman–Crippen MR) is 76.2 cm³/mol. The van der Waals surface area contributed by atoms with Gasteiger partial charge in [-0.25, -0.2) is 4.39 Å². The van der Waals surface area contributed by atoms with Crippen LogP contribution < -0.4 is 15.2 Å². The molecule has 0 atom stereocenters. The van der Waals surface area contributed by atoms with E-state index in [0.29, 0.717) is 0 Å². The number of oxime groups is 1. The number of benzene rings is 2. The Morgan fingerprint density at radius 2 is 1.95 bits per heavy atom. The van der Waals surface area contributed by atoms with Crippen molar-refractivity contribution in [3.63, 3.8) is 0 Å². The molecule has 2 aromatic rings.